The quantitative estimate of drug-likeness (QED) is 0.237. The molecule has 0 spiro atoms. The van der Waals surface area contributed by atoms with E-state index in [0.717, 1.165) is 41.4 Å². The Morgan fingerprint density at radius 2 is 0.792 bits per heavy atom. The van der Waals surface area contributed by atoms with Crippen LogP contribution in [0.25, 0.3) is 0 Å². The van der Waals surface area contributed by atoms with E-state index in [0.29, 0.717) is 42.8 Å². The lowest BCUT2D eigenvalue weighted by atomic mass is 9.57. The molecule has 3 unspecified atom stereocenters. The van der Waals surface area contributed by atoms with Crippen molar-refractivity contribution in [1.29, 1.82) is 0 Å². The first-order chi connectivity index (χ1) is 35.4. The van der Waals surface area contributed by atoms with Gasteiger partial charge in [-0.3, -0.25) is 0 Å². The molecule has 5 heteroatoms. The zero-order valence-electron chi connectivity index (χ0n) is 59.6. The van der Waals surface area contributed by atoms with Crippen molar-refractivity contribution in [2.75, 3.05) is 50.0 Å². The molecular weight excluding hydrogens is 971 g/mol. The van der Waals surface area contributed by atoms with Gasteiger partial charge in [-0.1, -0.05) is 262 Å². The van der Waals surface area contributed by atoms with Gasteiger partial charge in [0.1, 0.15) is 0 Å². The van der Waals surface area contributed by atoms with Crippen molar-refractivity contribution in [3.63, 3.8) is 0 Å². The predicted octanol–water partition coefficient (Wildman–Crippen LogP) is 24.0. The third-order valence-corrected chi connectivity index (χ3v) is 23.0. The van der Waals surface area contributed by atoms with Gasteiger partial charge in [-0.2, -0.15) is 23.5 Å². The smallest absolute Gasteiger partial charge is 0.0252 e. The molecule has 5 heterocycles. The number of nitrogens with one attached hydrogen (secondary N) is 3. The number of hydrogen-bond donors (Lipinski definition) is 3. The highest BCUT2D eigenvalue weighted by atomic mass is 32.2. The molecule has 5 fully saturated rings. The van der Waals surface area contributed by atoms with Crippen LogP contribution in [0.3, 0.4) is 0 Å². The molecule has 5 aliphatic heterocycles. The first-order valence-corrected chi connectivity index (χ1v) is 35.9. The van der Waals surface area contributed by atoms with E-state index in [1.54, 1.807) is 0 Å². The molecule has 0 aromatic rings. The van der Waals surface area contributed by atoms with Gasteiger partial charge >= 0.3 is 0 Å². The lowest BCUT2D eigenvalue weighted by Gasteiger charge is -2.48. The van der Waals surface area contributed by atoms with E-state index < -0.39 is 0 Å². The van der Waals surface area contributed by atoms with Crippen LogP contribution in [-0.4, -0.2) is 60.3 Å². The largest absolute Gasteiger partial charge is 0.317 e. The maximum absolute atomic E-state index is 3.83. The van der Waals surface area contributed by atoms with Crippen LogP contribution in [0.15, 0.2) is 0 Å². The van der Waals surface area contributed by atoms with E-state index in [9.17, 15) is 0 Å². The van der Waals surface area contributed by atoms with Crippen LogP contribution in [0.2, 0.25) is 0 Å². The average molecular weight is 1130 g/mol. The summed E-state index contributed by atoms with van der Waals surface area (Å²) in [4.78, 5) is 0. The van der Waals surface area contributed by atoms with Crippen LogP contribution in [0, 0.1) is 73.9 Å². The second-order valence-electron chi connectivity index (χ2n) is 27.7. The monoisotopic (exact) mass is 1130 g/mol. The standard InChI is InChI=1S/3C13H27N.2C11H22S.5C2H6.CH4/c1-11(2)13(12(3,4)5)7-6-9-14-10-8-13;1-11(2)13(12(3,4)5)8-6-7-9-14-10-13;1-11(2)13(12(3,4)5)9-7-6-8-10-14-13;1-9(2)11(10(3)4)6-5-7-12-8-11;1-9(2)11(10(3)4)7-5-6-8-12-11;5*1-2;/h3*11,14H,6-10H2,1-5H3;2*9-10H,5-8H2,1-4H3;5*1-2H3;1H4. The van der Waals surface area contributed by atoms with E-state index in [2.05, 4.69) is 199 Å². The van der Waals surface area contributed by atoms with Gasteiger partial charge in [-0.25, -0.2) is 0 Å². The Hall–Kier alpha value is 0.580. The SMILES string of the molecule is C.CC.CC.CC.CC.CC.CC(C)C1(C(C)(C)C)CCCCCN1.CC(C)C1(C(C)(C)C)CCCCNC1.CC(C)C1(C(C)(C)C)CCCNCC1.CC(C)C1(C(C)C)CCCCS1.CC(C)C1(C(C)C)CCCSC1. The number of hydrogen-bond acceptors (Lipinski definition) is 5. The van der Waals surface area contributed by atoms with Crippen molar-refractivity contribution in [2.24, 2.45) is 73.9 Å². The minimum absolute atomic E-state index is 0. The summed E-state index contributed by atoms with van der Waals surface area (Å²) in [6.45, 7) is 81.1. The average Bonchev–Trinajstić information content (AvgIpc) is 3.93. The van der Waals surface area contributed by atoms with Crippen LogP contribution in [0.5, 0.6) is 0 Å². The molecule has 77 heavy (non-hydrogen) atoms. The minimum Gasteiger partial charge on any atom is -0.317 e. The Morgan fingerprint density at radius 3 is 1.14 bits per heavy atom. The normalized spacial score (nSPS) is 24.3. The van der Waals surface area contributed by atoms with Gasteiger partial charge in [-0.15, -0.1) is 0 Å². The van der Waals surface area contributed by atoms with Crippen LogP contribution < -0.4 is 16.0 Å². The Kier molecular flexibility index (Phi) is 53.0. The van der Waals surface area contributed by atoms with Crippen molar-refractivity contribution >= 4 is 23.5 Å². The molecular formula is C72H159N3S2. The zero-order valence-corrected chi connectivity index (χ0v) is 61.3. The zero-order chi connectivity index (χ0) is 60.8. The molecule has 3 N–H and O–H groups in total. The predicted molar refractivity (Wildman–Crippen MR) is 371 cm³/mol. The molecule has 0 amide bonds. The van der Waals surface area contributed by atoms with Crippen LogP contribution in [0.1, 0.15) is 332 Å². The summed E-state index contributed by atoms with van der Waals surface area (Å²) in [6, 6.07) is 0. The summed E-state index contributed by atoms with van der Waals surface area (Å²) in [5.41, 5.74) is 3.24. The molecule has 5 saturated heterocycles. The van der Waals surface area contributed by atoms with Gasteiger partial charge in [0.25, 0.3) is 0 Å². The molecule has 0 aromatic heterocycles. The van der Waals surface area contributed by atoms with Gasteiger partial charge < -0.3 is 16.0 Å². The third kappa shape index (κ3) is 28.3. The van der Waals surface area contributed by atoms with Crippen molar-refractivity contribution in [2.45, 2.75) is 343 Å². The molecule has 0 saturated carbocycles. The van der Waals surface area contributed by atoms with E-state index in [-0.39, 0.29) is 7.43 Å². The van der Waals surface area contributed by atoms with Crippen LogP contribution >= 0.6 is 23.5 Å². The molecule has 3 atom stereocenters. The van der Waals surface area contributed by atoms with Gasteiger partial charge in [0, 0.05) is 16.8 Å². The first kappa shape index (κ1) is 88.8. The van der Waals surface area contributed by atoms with Crippen LogP contribution in [0.4, 0.5) is 0 Å². The van der Waals surface area contributed by atoms with Crippen molar-refractivity contribution < 1.29 is 0 Å². The Labute approximate surface area is 503 Å². The van der Waals surface area contributed by atoms with Crippen molar-refractivity contribution in [1.82, 2.24) is 16.0 Å². The number of rotatable bonds is 7. The van der Waals surface area contributed by atoms with E-state index in [1.165, 1.54) is 146 Å². The van der Waals surface area contributed by atoms with E-state index >= 15 is 0 Å². The fraction of sp³-hybridized carbons (Fsp3) is 1.00. The van der Waals surface area contributed by atoms with Gasteiger partial charge in [-0.05, 0) is 188 Å². The Bertz CT molecular complexity index is 1070. The maximum atomic E-state index is 3.83. The lowest BCUT2D eigenvalue weighted by molar-refractivity contribution is 0.0167. The van der Waals surface area contributed by atoms with Crippen molar-refractivity contribution in [3.05, 3.63) is 0 Å². The molecule has 0 aliphatic carbocycles. The topological polar surface area (TPSA) is 36.1 Å². The molecule has 5 aliphatic rings. The Morgan fingerprint density at radius 1 is 0.351 bits per heavy atom. The van der Waals surface area contributed by atoms with Crippen LogP contribution in [-0.2, 0) is 0 Å². The lowest BCUT2D eigenvalue weighted by Crippen LogP contribution is -2.58. The van der Waals surface area contributed by atoms with Gasteiger partial charge in [0.2, 0.25) is 0 Å². The summed E-state index contributed by atoms with van der Waals surface area (Å²) in [7, 11) is 0. The van der Waals surface area contributed by atoms with Gasteiger partial charge in [0.15, 0.2) is 0 Å². The molecule has 3 nitrogen and oxygen atoms in total. The highest BCUT2D eigenvalue weighted by molar-refractivity contribution is 8.00. The van der Waals surface area contributed by atoms with Crippen molar-refractivity contribution in [3.8, 4) is 0 Å². The fourth-order valence-corrected chi connectivity index (χ4v) is 17.7. The molecule has 0 bridgehead atoms. The van der Waals surface area contributed by atoms with Gasteiger partial charge in [0.05, 0.1) is 0 Å². The third-order valence-electron chi connectivity index (χ3n) is 19.5. The number of thioether (sulfide) groups is 2. The molecule has 0 radical (unpaired) electrons. The maximum Gasteiger partial charge on any atom is 0.0252 e. The summed E-state index contributed by atoms with van der Waals surface area (Å²) >= 11 is 4.39. The summed E-state index contributed by atoms with van der Waals surface area (Å²) < 4.78 is 0.595. The summed E-state index contributed by atoms with van der Waals surface area (Å²) in [5, 5.41) is 11.0. The van der Waals surface area contributed by atoms with E-state index in [1.807, 2.05) is 69.2 Å². The molecule has 0 aromatic carbocycles. The highest BCUT2D eigenvalue weighted by Gasteiger charge is 2.46. The Balaban J connectivity index is -0.000000196. The minimum atomic E-state index is 0. The molecule has 474 valence electrons. The second-order valence-corrected chi connectivity index (χ2v) is 30.3. The summed E-state index contributed by atoms with van der Waals surface area (Å²) in [6.07, 6.45) is 20.9. The summed E-state index contributed by atoms with van der Waals surface area (Å²) in [5.74, 6) is 9.83. The first-order valence-electron chi connectivity index (χ1n) is 33.8. The molecule has 5 rings (SSSR count). The highest BCUT2D eigenvalue weighted by Crippen LogP contribution is 2.52. The fourth-order valence-electron chi connectivity index (χ4n) is 14.3. The second kappa shape index (κ2) is 45.9. The van der Waals surface area contributed by atoms with E-state index in [4.69, 9.17) is 0 Å².